The van der Waals surface area contributed by atoms with Crippen LogP contribution >= 0.6 is 0 Å². The van der Waals surface area contributed by atoms with E-state index in [1.54, 1.807) is 6.20 Å². The topological polar surface area (TPSA) is 56.5 Å². The van der Waals surface area contributed by atoms with E-state index in [1.807, 2.05) is 36.4 Å². The van der Waals surface area contributed by atoms with Gasteiger partial charge >= 0.3 is 0 Å². The Labute approximate surface area is 271 Å². The summed E-state index contributed by atoms with van der Waals surface area (Å²) in [6.07, 6.45) is 1.80. The molecule has 0 spiro atoms. The predicted octanol–water partition coefficient (Wildman–Crippen LogP) is 10.2. The van der Waals surface area contributed by atoms with Gasteiger partial charge in [0.05, 0.1) is 39.1 Å². The molecule has 0 bridgehead atoms. The van der Waals surface area contributed by atoms with Crippen molar-refractivity contribution in [3.05, 3.63) is 164 Å². The minimum absolute atomic E-state index is 0.863. The minimum Gasteiger partial charge on any atom is -0.292 e. The Morgan fingerprint density at radius 2 is 1.04 bits per heavy atom. The van der Waals surface area contributed by atoms with Crippen LogP contribution in [0.3, 0.4) is 0 Å². The van der Waals surface area contributed by atoms with Crippen molar-refractivity contribution in [2.45, 2.75) is 0 Å². The summed E-state index contributed by atoms with van der Waals surface area (Å²) < 4.78 is 2.23. The number of imidazole rings is 1. The first-order valence-corrected chi connectivity index (χ1v) is 15.6. The smallest absolute Gasteiger partial charge is 0.145 e. The van der Waals surface area contributed by atoms with E-state index in [0.29, 0.717) is 0 Å². The maximum atomic E-state index is 5.15. The predicted molar refractivity (Wildman–Crippen MR) is 191 cm³/mol. The van der Waals surface area contributed by atoms with E-state index < -0.39 is 0 Å². The van der Waals surface area contributed by atoms with E-state index in [9.17, 15) is 0 Å². The Hall–Kier alpha value is -6.46. The molecule has 0 unspecified atom stereocenters. The zero-order valence-corrected chi connectivity index (χ0v) is 25.3. The summed E-state index contributed by atoms with van der Waals surface area (Å²) in [5.74, 6) is 0.901. The maximum Gasteiger partial charge on any atom is 0.145 e. The molecular formula is C42H27N5. The van der Waals surface area contributed by atoms with Crippen LogP contribution < -0.4 is 0 Å². The minimum atomic E-state index is 0.863. The molecule has 5 aromatic carbocycles. The summed E-state index contributed by atoms with van der Waals surface area (Å²) in [5.41, 5.74) is 11.9. The normalized spacial score (nSPS) is 11.4. The van der Waals surface area contributed by atoms with Gasteiger partial charge in [-0.15, -0.1) is 0 Å². The SMILES string of the molecule is c1ccc(-n2c(-c3cccc(-c4ccc5ccc(-c6ccc7ccc(-c8ccccn8)nc7c6)cc5n4)c3)nc3ccccc32)cc1. The molecule has 0 atom stereocenters. The van der Waals surface area contributed by atoms with Gasteiger partial charge in [-0.3, -0.25) is 9.55 Å². The second kappa shape index (κ2) is 11.2. The third-order valence-electron chi connectivity index (χ3n) is 8.64. The highest BCUT2D eigenvalue weighted by atomic mass is 15.1. The fourth-order valence-electron chi connectivity index (χ4n) is 6.29. The maximum absolute atomic E-state index is 5.15. The third kappa shape index (κ3) is 4.91. The molecule has 5 heteroatoms. The lowest BCUT2D eigenvalue weighted by Gasteiger charge is -2.11. The largest absolute Gasteiger partial charge is 0.292 e. The van der Waals surface area contributed by atoms with Crippen molar-refractivity contribution in [3.63, 3.8) is 0 Å². The number of nitrogens with zero attached hydrogens (tertiary/aromatic N) is 5. The van der Waals surface area contributed by atoms with E-state index >= 15 is 0 Å². The Bertz CT molecular complexity index is 2570. The van der Waals surface area contributed by atoms with E-state index in [4.69, 9.17) is 15.0 Å². The first kappa shape index (κ1) is 26.9. The van der Waals surface area contributed by atoms with Crippen LogP contribution in [-0.4, -0.2) is 24.5 Å². The quantitative estimate of drug-likeness (QED) is 0.197. The molecule has 0 fully saturated rings. The molecule has 0 aliphatic rings. The summed E-state index contributed by atoms with van der Waals surface area (Å²) in [7, 11) is 0. The van der Waals surface area contributed by atoms with Gasteiger partial charge in [0.2, 0.25) is 0 Å². The Kier molecular flexibility index (Phi) is 6.39. The number of para-hydroxylation sites is 3. The lowest BCUT2D eigenvalue weighted by molar-refractivity contribution is 1.10. The van der Waals surface area contributed by atoms with Crippen LogP contribution in [0.2, 0.25) is 0 Å². The summed E-state index contributed by atoms with van der Waals surface area (Å²) in [4.78, 5) is 19.6. The molecule has 9 aromatic rings. The molecular weight excluding hydrogens is 574 g/mol. The van der Waals surface area contributed by atoms with Crippen molar-refractivity contribution < 1.29 is 0 Å². The number of aromatic nitrogens is 5. The second-order valence-electron chi connectivity index (χ2n) is 11.6. The molecule has 47 heavy (non-hydrogen) atoms. The molecule has 220 valence electrons. The van der Waals surface area contributed by atoms with Crippen LogP contribution in [-0.2, 0) is 0 Å². The Balaban J connectivity index is 1.10. The van der Waals surface area contributed by atoms with Gasteiger partial charge in [0.25, 0.3) is 0 Å². The number of fused-ring (bicyclic) bond motifs is 3. The molecule has 0 saturated heterocycles. The van der Waals surface area contributed by atoms with Gasteiger partial charge in [-0.1, -0.05) is 91.0 Å². The first-order chi connectivity index (χ1) is 23.3. The average Bonchev–Trinajstić information content (AvgIpc) is 3.54. The van der Waals surface area contributed by atoms with E-state index in [2.05, 4.69) is 131 Å². The van der Waals surface area contributed by atoms with Crippen molar-refractivity contribution in [1.29, 1.82) is 0 Å². The number of hydrogen-bond donors (Lipinski definition) is 0. The Morgan fingerprint density at radius 3 is 1.81 bits per heavy atom. The highest BCUT2D eigenvalue weighted by molar-refractivity contribution is 5.90. The standard InChI is InChI=1S/C42H27N5/c1-2-11-34(12-3-1)47-41-15-5-4-14-38(41)46-42(47)33-10-8-9-32(25-33)35-22-20-28-16-18-30(26-39(28)44-35)31-19-17-29-21-23-37(45-40(29)27-31)36-13-6-7-24-43-36/h1-27H. The van der Waals surface area contributed by atoms with Crippen molar-refractivity contribution in [3.8, 4) is 50.8 Å². The van der Waals surface area contributed by atoms with Gasteiger partial charge in [-0.05, 0) is 77.9 Å². The van der Waals surface area contributed by atoms with Gasteiger partial charge in [-0.2, -0.15) is 0 Å². The highest BCUT2D eigenvalue weighted by Crippen LogP contribution is 2.33. The zero-order chi connectivity index (χ0) is 31.2. The van der Waals surface area contributed by atoms with Crippen LogP contribution in [0.25, 0.3) is 83.7 Å². The molecule has 0 N–H and O–H groups in total. The molecule has 0 saturated carbocycles. The van der Waals surface area contributed by atoms with E-state index in [0.717, 1.165) is 83.7 Å². The number of benzene rings is 5. The Morgan fingerprint density at radius 1 is 0.383 bits per heavy atom. The zero-order valence-electron chi connectivity index (χ0n) is 25.3. The summed E-state index contributed by atoms with van der Waals surface area (Å²) >= 11 is 0. The molecule has 0 radical (unpaired) electrons. The highest BCUT2D eigenvalue weighted by Gasteiger charge is 2.15. The molecule has 4 aromatic heterocycles. The van der Waals surface area contributed by atoms with Gasteiger partial charge in [0, 0.05) is 33.8 Å². The lowest BCUT2D eigenvalue weighted by atomic mass is 10.0. The van der Waals surface area contributed by atoms with E-state index in [1.165, 1.54) is 0 Å². The molecule has 9 rings (SSSR count). The van der Waals surface area contributed by atoms with Crippen molar-refractivity contribution in [1.82, 2.24) is 24.5 Å². The monoisotopic (exact) mass is 601 g/mol. The molecule has 4 heterocycles. The van der Waals surface area contributed by atoms with Gasteiger partial charge in [-0.25, -0.2) is 15.0 Å². The number of pyridine rings is 3. The van der Waals surface area contributed by atoms with Crippen LogP contribution in [0, 0.1) is 0 Å². The summed E-state index contributed by atoms with van der Waals surface area (Å²) in [6, 6.07) is 54.3. The van der Waals surface area contributed by atoms with Crippen LogP contribution in [0.4, 0.5) is 0 Å². The van der Waals surface area contributed by atoms with Gasteiger partial charge < -0.3 is 0 Å². The fraction of sp³-hybridized carbons (Fsp3) is 0. The summed E-state index contributed by atoms with van der Waals surface area (Å²) in [6.45, 7) is 0. The molecule has 0 amide bonds. The van der Waals surface area contributed by atoms with Crippen molar-refractivity contribution in [2.75, 3.05) is 0 Å². The van der Waals surface area contributed by atoms with E-state index in [-0.39, 0.29) is 0 Å². The summed E-state index contributed by atoms with van der Waals surface area (Å²) in [5, 5.41) is 2.19. The lowest BCUT2D eigenvalue weighted by Crippen LogP contribution is -1.97. The molecule has 0 aliphatic heterocycles. The van der Waals surface area contributed by atoms with Gasteiger partial charge in [0.1, 0.15) is 5.82 Å². The van der Waals surface area contributed by atoms with Crippen LogP contribution in [0.1, 0.15) is 0 Å². The number of rotatable bonds is 5. The third-order valence-corrected chi connectivity index (χ3v) is 8.64. The first-order valence-electron chi connectivity index (χ1n) is 15.6. The van der Waals surface area contributed by atoms with Crippen molar-refractivity contribution in [2.24, 2.45) is 0 Å². The second-order valence-corrected chi connectivity index (χ2v) is 11.6. The average molecular weight is 602 g/mol. The number of hydrogen-bond acceptors (Lipinski definition) is 4. The van der Waals surface area contributed by atoms with Gasteiger partial charge in [0.15, 0.2) is 0 Å². The molecule has 0 aliphatic carbocycles. The fourth-order valence-corrected chi connectivity index (χ4v) is 6.29. The van der Waals surface area contributed by atoms with Crippen LogP contribution in [0.5, 0.6) is 0 Å². The van der Waals surface area contributed by atoms with Crippen molar-refractivity contribution >= 4 is 32.8 Å². The molecule has 5 nitrogen and oxygen atoms in total. The van der Waals surface area contributed by atoms with Crippen LogP contribution in [0.15, 0.2) is 164 Å².